The molecule has 0 spiro atoms. The minimum absolute atomic E-state index is 0.480. The molecule has 4 rings (SSSR count). The number of halogens is 1. The summed E-state index contributed by atoms with van der Waals surface area (Å²) < 4.78 is 26.5. The second-order valence-electron chi connectivity index (χ2n) is 5.93. The van der Waals surface area contributed by atoms with Crippen LogP contribution in [0.5, 0.6) is 11.5 Å². The van der Waals surface area contributed by atoms with Gasteiger partial charge in [0.15, 0.2) is 0 Å². The number of fused-ring (bicyclic) bond motifs is 1. The molecule has 0 aromatic heterocycles. The topological polar surface area (TPSA) is 35.5 Å². The lowest BCUT2D eigenvalue weighted by Gasteiger charge is -2.22. The zero-order valence-corrected chi connectivity index (χ0v) is 16.8. The molecule has 0 N–H and O–H groups in total. The first kappa shape index (κ1) is 17.8. The second kappa shape index (κ2) is 7.59. The minimum atomic E-state index is -3.70. The lowest BCUT2D eigenvalue weighted by Crippen LogP contribution is -2.16. The third-order valence-electron chi connectivity index (χ3n) is 4.08. The zero-order valence-electron chi connectivity index (χ0n) is 14.3. The number of rotatable bonds is 5. The average molecular weight is 439 g/mol. The van der Waals surface area contributed by atoms with Gasteiger partial charge >= 0.3 is 7.60 Å². The van der Waals surface area contributed by atoms with Crippen molar-refractivity contribution in [3.8, 4) is 11.5 Å². The predicted octanol–water partition coefficient (Wildman–Crippen LogP) is 6.58. The van der Waals surface area contributed by atoms with Crippen LogP contribution in [0.3, 0.4) is 0 Å². The molecule has 0 radical (unpaired) electrons. The highest BCUT2D eigenvalue weighted by Gasteiger charge is 2.34. The first-order valence-electron chi connectivity index (χ1n) is 8.43. The highest BCUT2D eigenvalue weighted by molar-refractivity contribution is 9.11. The van der Waals surface area contributed by atoms with Crippen LogP contribution in [-0.2, 0) is 4.57 Å². The Kier molecular flexibility index (Phi) is 5.02. The van der Waals surface area contributed by atoms with Crippen molar-refractivity contribution in [2.45, 2.75) is 0 Å². The van der Waals surface area contributed by atoms with Crippen LogP contribution < -0.4 is 14.4 Å². The zero-order chi connectivity index (χ0) is 18.7. The number of benzene rings is 4. The van der Waals surface area contributed by atoms with Crippen molar-refractivity contribution in [1.29, 1.82) is 0 Å². The van der Waals surface area contributed by atoms with Crippen LogP contribution in [0.1, 0.15) is 0 Å². The highest BCUT2D eigenvalue weighted by atomic mass is 79.9. The summed E-state index contributed by atoms with van der Waals surface area (Å²) in [6.07, 6.45) is 0. The molecule has 0 amide bonds. The molecule has 0 aliphatic heterocycles. The molecule has 0 unspecified atom stereocenters. The molecule has 3 nitrogen and oxygen atoms in total. The van der Waals surface area contributed by atoms with Crippen molar-refractivity contribution in [2.24, 2.45) is 0 Å². The van der Waals surface area contributed by atoms with Crippen molar-refractivity contribution in [2.75, 3.05) is 0 Å². The van der Waals surface area contributed by atoms with Crippen LogP contribution in [0.2, 0.25) is 0 Å². The monoisotopic (exact) mass is 438 g/mol. The van der Waals surface area contributed by atoms with E-state index in [0.29, 0.717) is 21.3 Å². The molecule has 0 aliphatic carbocycles. The van der Waals surface area contributed by atoms with Crippen LogP contribution in [0, 0.1) is 0 Å². The molecule has 0 atom stereocenters. The maximum Gasteiger partial charge on any atom is 0.463 e. The standard InChI is InChI=1S/C22H16BrO3P/c23-22-20-14-8-7-9-17(20)15-16-21(22)27(24,25-18-10-3-1-4-11-18)26-19-12-5-2-6-13-19/h1-16H. The van der Waals surface area contributed by atoms with Gasteiger partial charge in [0.25, 0.3) is 0 Å². The van der Waals surface area contributed by atoms with Gasteiger partial charge in [-0.05, 0) is 57.0 Å². The fourth-order valence-corrected chi connectivity index (χ4v) is 5.59. The summed E-state index contributed by atoms with van der Waals surface area (Å²) in [5, 5.41) is 2.47. The summed E-state index contributed by atoms with van der Waals surface area (Å²) in [6.45, 7) is 0. The van der Waals surface area contributed by atoms with E-state index in [9.17, 15) is 4.57 Å². The fourth-order valence-electron chi connectivity index (χ4n) is 2.79. The third kappa shape index (κ3) is 3.78. The first-order chi connectivity index (χ1) is 13.2. The maximum atomic E-state index is 13.9. The molecule has 0 fully saturated rings. The van der Waals surface area contributed by atoms with Crippen molar-refractivity contribution in [3.63, 3.8) is 0 Å². The SMILES string of the molecule is O=P(Oc1ccccc1)(Oc1ccccc1)c1ccc2ccccc2c1Br. The van der Waals surface area contributed by atoms with E-state index in [2.05, 4.69) is 15.9 Å². The van der Waals surface area contributed by atoms with Crippen molar-refractivity contribution < 1.29 is 13.6 Å². The third-order valence-corrected chi connectivity index (χ3v) is 7.10. The predicted molar refractivity (Wildman–Crippen MR) is 113 cm³/mol. The highest BCUT2D eigenvalue weighted by Crippen LogP contribution is 2.50. The van der Waals surface area contributed by atoms with Crippen LogP contribution in [0.4, 0.5) is 0 Å². The van der Waals surface area contributed by atoms with E-state index in [1.807, 2.05) is 66.7 Å². The number of hydrogen-bond donors (Lipinski definition) is 0. The Labute approximate surface area is 166 Å². The molecule has 27 heavy (non-hydrogen) atoms. The van der Waals surface area contributed by atoms with Gasteiger partial charge in [0.2, 0.25) is 0 Å². The van der Waals surface area contributed by atoms with E-state index >= 15 is 0 Å². The van der Waals surface area contributed by atoms with Gasteiger partial charge in [-0.25, -0.2) is 4.57 Å². The smallest absolute Gasteiger partial charge is 0.413 e. The Balaban J connectivity index is 1.85. The minimum Gasteiger partial charge on any atom is -0.413 e. The van der Waals surface area contributed by atoms with E-state index in [0.717, 1.165) is 10.8 Å². The summed E-state index contributed by atoms with van der Waals surface area (Å²) in [4.78, 5) is 0. The molecule has 0 saturated carbocycles. The second-order valence-corrected chi connectivity index (χ2v) is 8.56. The Morgan fingerprint density at radius 3 is 1.74 bits per heavy atom. The Morgan fingerprint density at radius 1 is 0.630 bits per heavy atom. The van der Waals surface area contributed by atoms with Crippen LogP contribution in [0.25, 0.3) is 10.8 Å². The molecular formula is C22H16BrO3P. The summed E-state index contributed by atoms with van der Waals surface area (Å²) in [5.41, 5.74) is 0. The van der Waals surface area contributed by atoms with Gasteiger partial charge in [0.05, 0.1) is 0 Å². The Hall–Kier alpha value is -2.55. The summed E-state index contributed by atoms with van der Waals surface area (Å²) in [5.74, 6) is 0.966. The van der Waals surface area contributed by atoms with Gasteiger partial charge in [0.1, 0.15) is 16.8 Å². The van der Waals surface area contributed by atoms with Crippen LogP contribution >= 0.6 is 23.5 Å². The number of hydrogen-bond acceptors (Lipinski definition) is 3. The molecule has 4 aromatic rings. The quantitative estimate of drug-likeness (QED) is 0.330. The normalized spacial score (nSPS) is 11.3. The molecule has 0 aliphatic rings. The molecule has 4 aromatic carbocycles. The molecule has 0 bridgehead atoms. The van der Waals surface area contributed by atoms with Crippen molar-refractivity contribution in [1.82, 2.24) is 0 Å². The largest absolute Gasteiger partial charge is 0.463 e. The lowest BCUT2D eigenvalue weighted by molar-refractivity contribution is 0.399. The number of para-hydroxylation sites is 2. The van der Waals surface area contributed by atoms with Gasteiger partial charge in [-0.2, -0.15) is 0 Å². The van der Waals surface area contributed by atoms with Gasteiger partial charge in [-0.15, -0.1) is 0 Å². The Morgan fingerprint density at radius 2 is 1.15 bits per heavy atom. The Bertz CT molecular complexity index is 1070. The van der Waals surface area contributed by atoms with Crippen LogP contribution in [0.15, 0.2) is 102 Å². The molecule has 0 heterocycles. The van der Waals surface area contributed by atoms with E-state index in [1.165, 1.54) is 0 Å². The van der Waals surface area contributed by atoms with Gasteiger partial charge < -0.3 is 9.05 Å². The molecule has 134 valence electrons. The average Bonchev–Trinajstić information content (AvgIpc) is 2.70. The summed E-state index contributed by atoms with van der Waals surface area (Å²) in [6, 6.07) is 29.7. The van der Waals surface area contributed by atoms with Crippen molar-refractivity contribution >= 4 is 39.6 Å². The van der Waals surface area contributed by atoms with E-state index in [1.54, 1.807) is 30.3 Å². The summed E-state index contributed by atoms with van der Waals surface area (Å²) in [7, 11) is -3.70. The van der Waals surface area contributed by atoms with Crippen molar-refractivity contribution in [3.05, 3.63) is 102 Å². The van der Waals surface area contributed by atoms with E-state index in [-0.39, 0.29) is 0 Å². The lowest BCUT2D eigenvalue weighted by atomic mass is 10.1. The van der Waals surface area contributed by atoms with E-state index < -0.39 is 7.60 Å². The van der Waals surface area contributed by atoms with Gasteiger partial charge in [-0.3, -0.25) is 0 Å². The first-order valence-corrected chi connectivity index (χ1v) is 10.8. The maximum absolute atomic E-state index is 13.9. The molecule has 5 heteroatoms. The molecular weight excluding hydrogens is 423 g/mol. The fraction of sp³-hybridized carbons (Fsp3) is 0. The molecule has 0 saturated heterocycles. The van der Waals surface area contributed by atoms with E-state index in [4.69, 9.17) is 9.05 Å². The van der Waals surface area contributed by atoms with Gasteiger partial charge in [0, 0.05) is 4.47 Å². The van der Waals surface area contributed by atoms with Gasteiger partial charge in [-0.1, -0.05) is 66.7 Å². The summed E-state index contributed by atoms with van der Waals surface area (Å²) >= 11 is 3.61. The van der Waals surface area contributed by atoms with Crippen LogP contribution in [-0.4, -0.2) is 0 Å².